The minimum Gasteiger partial charge on any atom is -0.388 e. The van der Waals surface area contributed by atoms with E-state index < -0.39 is 5.60 Å². The second-order valence-electron chi connectivity index (χ2n) is 5.74. The zero-order valence-corrected chi connectivity index (χ0v) is 12.4. The Morgan fingerprint density at radius 2 is 2.15 bits per heavy atom. The van der Waals surface area contributed by atoms with Crippen LogP contribution in [0.1, 0.15) is 32.6 Å². The molecule has 5 heteroatoms. The summed E-state index contributed by atoms with van der Waals surface area (Å²) in [6, 6.07) is 6.60. The molecular weight excluding hydrogens is 276 g/mol. The van der Waals surface area contributed by atoms with Crippen molar-refractivity contribution < 1.29 is 9.90 Å². The number of halogens is 1. The van der Waals surface area contributed by atoms with Gasteiger partial charge in [-0.3, -0.25) is 0 Å². The van der Waals surface area contributed by atoms with E-state index in [4.69, 9.17) is 11.6 Å². The number of hydrogen-bond donors (Lipinski definition) is 3. The quantitative estimate of drug-likeness (QED) is 0.800. The second kappa shape index (κ2) is 6.46. The average molecular weight is 297 g/mol. The van der Waals surface area contributed by atoms with Crippen molar-refractivity contribution in [2.24, 2.45) is 5.92 Å². The molecule has 2 amide bonds. The summed E-state index contributed by atoms with van der Waals surface area (Å²) < 4.78 is 0. The smallest absolute Gasteiger partial charge is 0.319 e. The maximum absolute atomic E-state index is 11.8. The number of amides is 2. The highest BCUT2D eigenvalue weighted by molar-refractivity contribution is 6.30. The third-order valence-electron chi connectivity index (χ3n) is 3.75. The Balaban J connectivity index is 1.81. The Morgan fingerprint density at radius 1 is 1.45 bits per heavy atom. The van der Waals surface area contributed by atoms with Crippen molar-refractivity contribution in [3.05, 3.63) is 29.3 Å². The van der Waals surface area contributed by atoms with Gasteiger partial charge in [0.25, 0.3) is 0 Å². The van der Waals surface area contributed by atoms with Crippen molar-refractivity contribution in [3.8, 4) is 0 Å². The zero-order chi connectivity index (χ0) is 14.6. The largest absolute Gasteiger partial charge is 0.388 e. The Morgan fingerprint density at radius 3 is 2.80 bits per heavy atom. The van der Waals surface area contributed by atoms with E-state index in [1.807, 2.05) is 0 Å². The summed E-state index contributed by atoms with van der Waals surface area (Å²) in [6.45, 7) is 2.43. The predicted molar refractivity (Wildman–Crippen MR) is 81.1 cm³/mol. The van der Waals surface area contributed by atoms with Gasteiger partial charge in [-0.1, -0.05) is 31.4 Å². The summed E-state index contributed by atoms with van der Waals surface area (Å²) in [6.07, 6.45) is 3.66. The molecule has 2 atom stereocenters. The number of rotatable bonds is 3. The van der Waals surface area contributed by atoms with Crippen LogP contribution in [-0.4, -0.2) is 23.3 Å². The van der Waals surface area contributed by atoms with Gasteiger partial charge in [-0.15, -0.1) is 0 Å². The van der Waals surface area contributed by atoms with E-state index in [1.165, 1.54) is 0 Å². The monoisotopic (exact) mass is 296 g/mol. The molecule has 1 aromatic rings. The third-order valence-corrected chi connectivity index (χ3v) is 4.00. The Hall–Kier alpha value is -1.26. The third kappa shape index (κ3) is 4.39. The summed E-state index contributed by atoms with van der Waals surface area (Å²) in [4.78, 5) is 11.8. The number of aliphatic hydroxyl groups is 1. The molecule has 1 fully saturated rings. The van der Waals surface area contributed by atoms with E-state index in [-0.39, 0.29) is 12.6 Å². The second-order valence-corrected chi connectivity index (χ2v) is 6.18. The SMILES string of the molecule is CC1CCCC(O)(CNC(=O)Nc2ccc(Cl)cc2)C1. The van der Waals surface area contributed by atoms with Crippen molar-refractivity contribution in [3.63, 3.8) is 0 Å². The predicted octanol–water partition coefficient (Wildman–Crippen LogP) is 3.40. The van der Waals surface area contributed by atoms with E-state index >= 15 is 0 Å². The van der Waals surface area contributed by atoms with E-state index in [1.54, 1.807) is 24.3 Å². The Kier molecular flexibility index (Phi) is 4.89. The molecule has 1 saturated carbocycles. The molecule has 2 rings (SSSR count). The fourth-order valence-electron chi connectivity index (χ4n) is 2.75. The Labute approximate surface area is 124 Å². The van der Waals surface area contributed by atoms with Gasteiger partial charge >= 0.3 is 6.03 Å². The van der Waals surface area contributed by atoms with Gasteiger partial charge in [0, 0.05) is 17.3 Å². The van der Waals surface area contributed by atoms with Crippen molar-refractivity contribution >= 4 is 23.3 Å². The van der Waals surface area contributed by atoms with Crippen LogP contribution >= 0.6 is 11.6 Å². The molecular formula is C15H21ClN2O2. The van der Waals surface area contributed by atoms with E-state index in [0.29, 0.717) is 16.6 Å². The first-order valence-electron chi connectivity index (χ1n) is 7.00. The molecule has 4 nitrogen and oxygen atoms in total. The number of benzene rings is 1. The van der Waals surface area contributed by atoms with Gasteiger partial charge in [0.05, 0.1) is 5.60 Å². The summed E-state index contributed by atoms with van der Waals surface area (Å²) >= 11 is 5.78. The van der Waals surface area contributed by atoms with Gasteiger partial charge in [-0.25, -0.2) is 4.79 Å². The fraction of sp³-hybridized carbons (Fsp3) is 0.533. The van der Waals surface area contributed by atoms with Crippen LogP contribution in [0.25, 0.3) is 0 Å². The molecule has 0 aliphatic heterocycles. The Bertz CT molecular complexity index is 463. The molecule has 3 N–H and O–H groups in total. The summed E-state index contributed by atoms with van der Waals surface area (Å²) in [5.74, 6) is 0.509. The highest BCUT2D eigenvalue weighted by Gasteiger charge is 2.32. The number of hydrogen-bond acceptors (Lipinski definition) is 2. The molecule has 2 unspecified atom stereocenters. The van der Waals surface area contributed by atoms with Crippen molar-refractivity contribution in [2.75, 3.05) is 11.9 Å². The minimum absolute atomic E-state index is 0.288. The van der Waals surface area contributed by atoms with Crippen LogP contribution in [0.5, 0.6) is 0 Å². The van der Waals surface area contributed by atoms with Gasteiger partial charge in [-0.05, 0) is 43.0 Å². The first-order chi connectivity index (χ1) is 9.47. The van der Waals surface area contributed by atoms with Crippen molar-refractivity contribution in [1.82, 2.24) is 5.32 Å². The highest BCUT2D eigenvalue weighted by atomic mass is 35.5. The molecule has 1 aliphatic rings. The van der Waals surface area contributed by atoms with Crippen LogP contribution in [0, 0.1) is 5.92 Å². The maximum Gasteiger partial charge on any atom is 0.319 e. The molecule has 0 radical (unpaired) electrons. The summed E-state index contributed by atoms with van der Waals surface area (Å²) in [5, 5.41) is 16.5. The fourth-order valence-corrected chi connectivity index (χ4v) is 2.87. The molecule has 0 heterocycles. The lowest BCUT2D eigenvalue weighted by Gasteiger charge is -2.35. The number of nitrogens with one attached hydrogen (secondary N) is 2. The van der Waals surface area contributed by atoms with Gasteiger partial charge in [-0.2, -0.15) is 0 Å². The van der Waals surface area contributed by atoms with Gasteiger partial charge in [0.1, 0.15) is 0 Å². The molecule has 1 aliphatic carbocycles. The molecule has 20 heavy (non-hydrogen) atoms. The molecule has 0 aromatic heterocycles. The van der Waals surface area contributed by atoms with Crippen LogP contribution < -0.4 is 10.6 Å². The number of urea groups is 1. The zero-order valence-electron chi connectivity index (χ0n) is 11.7. The van der Waals surface area contributed by atoms with Crippen LogP contribution in [-0.2, 0) is 0 Å². The van der Waals surface area contributed by atoms with E-state index in [9.17, 15) is 9.90 Å². The minimum atomic E-state index is -0.769. The number of anilines is 1. The molecule has 0 spiro atoms. The van der Waals surface area contributed by atoms with Crippen LogP contribution in [0.3, 0.4) is 0 Å². The highest BCUT2D eigenvalue weighted by Crippen LogP contribution is 2.31. The average Bonchev–Trinajstić information content (AvgIpc) is 2.39. The summed E-state index contributed by atoms with van der Waals surface area (Å²) in [7, 11) is 0. The maximum atomic E-state index is 11.8. The first-order valence-corrected chi connectivity index (χ1v) is 7.37. The van der Waals surface area contributed by atoms with Crippen molar-refractivity contribution in [1.29, 1.82) is 0 Å². The lowest BCUT2D eigenvalue weighted by atomic mass is 9.79. The van der Waals surface area contributed by atoms with Gasteiger partial charge in [0.2, 0.25) is 0 Å². The van der Waals surface area contributed by atoms with Gasteiger partial charge in [0.15, 0.2) is 0 Å². The van der Waals surface area contributed by atoms with Crippen LogP contribution in [0.2, 0.25) is 5.02 Å². The topological polar surface area (TPSA) is 61.4 Å². The lowest BCUT2D eigenvalue weighted by molar-refractivity contribution is -0.00920. The molecule has 0 bridgehead atoms. The van der Waals surface area contributed by atoms with Crippen LogP contribution in [0.4, 0.5) is 10.5 Å². The molecule has 110 valence electrons. The molecule has 1 aromatic carbocycles. The van der Waals surface area contributed by atoms with E-state index in [0.717, 1.165) is 25.7 Å². The first kappa shape index (κ1) is 15.1. The van der Waals surface area contributed by atoms with Crippen molar-refractivity contribution in [2.45, 2.75) is 38.2 Å². The lowest BCUT2D eigenvalue weighted by Crippen LogP contribution is -2.46. The summed E-state index contributed by atoms with van der Waals surface area (Å²) in [5.41, 5.74) is -0.0921. The molecule has 0 saturated heterocycles. The number of carbonyl (C=O) groups excluding carboxylic acids is 1. The standard InChI is InChI=1S/C15H21ClN2O2/c1-11-3-2-8-15(20,9-11)10-17-14(19)18-13-6-4-12(16)5-7-13/h4-7,11,20H,2-3,8-10H2,1H3,(H2,17,18,19). The normalized spacial score (nSPS) is 26.1. The number of carbonyl (C=O) groups is 1. The van der Waals surface area contributed by atoms with E-state index in [2.05, 4.69) is 17.6 Å². The van der Waals surface area contributed by atoms with Crippen LogP contribution in [0.15, 0.2) is 24.3 Å². The van der Waals surface area contributed by atoms with Gasteiger partial charge < -0.3 is 15.7 Å².